The van der Waals surface area contributed by atoms with Crippen molar-refractivity contribution in [2.45, 2.75) is 0 Å². The van der Waals surface area contributed by atoms with Crippen molar-refractivity contribution in [1.82, 2.24) is 0 Å². The molecule has 0 saturated heterocycles. The van der Waals surface area contributed by atoms with Gasteiger partial charge in [0.2, 0.25) is 0 Å². The zero-order valence-electron chi connectivity index (χ0n) is 35.4. The first-order chi connectivity index (χ1) is 33.7. The van der Waals surface area contributed by atoms with Gasteiger partial charge in [-0.25, -0.2) is 0 Å². The van der Waals surface area contributed by atoms with Gasteiger partial charge in [0.15, 0.2) is 0 Å². The molecule has 328 valence electrons. The number of hydrogen-bond acceptors (Lipinski definition) is 12. The first-order valence-corrected chi connectivity index (χ1v) is 31.7. The molecule has 0 nitrogen and oxygen atoms in total. The maximum absolute atomic E-state index is 2.54. The molecule has 68 heavy (non-hydrogen) atoms. The first kappa shape index (κ1) is 43.4. The number of allylic oxidation sites excluding steroid dienone is 8. The van der Waals surface area contributed by atoms with Crippen LogP contribution in [0.2, 0.25) is 0 Å². The van der Waals surface area contributed by atoms with Gasteiger partial charge < -0.3 is 0 Å². The molecule has 0 spiro atoms. The lowest BCUT2D eigenvalue weighted by Gasteiger charge is -2.19. The molecule has 0 unspecified atom stereocenters. The third-order valence-electron chi connectivity index (χ3n) is 11.5. The summed E-state index contributed by atoms with van der Waals surface area (Å²) < 4.78 is 0. The van der Waals surface area contributed by atoms with E-state index < -0.39 is 0 Å². The van der Waals surface area contributed by atoms with Crippen molar-refractivity contribution >= 4 is 158 Å². The quantitative estimate of drug-likeness (QED) is 0.114. The Balaban J connectivity index is 1.15. The highest BCUT2D eigenvalue weighted by atomic mass is 32.1. The molecule has 12 aromatic rings. The van der Waals surface area contributed by atoms with E-state index in [1.54, 1.807) is 0 Å². The van der Waals surface area contributed by atoms with E-state index in [1.165, 1.54) is 123 Å². The molecule has 13 rings (SSSR count). The van der Waals surface area contributed by atoms with Gasteiger partial charge in [0.25, 0.3) is 0 Å². The van der Waals surface area contributed by atoms with Crippen LogP contribution in [0.3, 0.4) is 0 Å². The van der Waals surface area contributed by atoms with Crippen LogP contribution in [0.5, 0.6) is 0 Å². The standard InChI is InChI=1S/C56H32S12/c1-9-41(57-19-1)49-29-35(53(65-49)45-13-5-23-61-45)33-17-18-34(36-30-50(42-10-2-20-58-42)66-54(36)46-14-6-24-62-46)28-38(40-32-52(44-12-4-22-60-44)68-56(40)48-16-8-26-64-48)37(27-33)39-31-51(43-11-3-21-59-43)67-55(39)47-15-7-25-63-47/h1-32H/b18-17?,33-17+,33-27?,34-18+,34-28?,37-27+,38-28+,38-37?. The molecule has 12 heterocycles. The van der Waals surface area contributed by atoms with Gasteiger partial charge in [-0.3, -0.25) is 0 Å². The molecule has 0 radical (unpaired) electrons. The highest BCUT2D eigenvalue weighted by Gasteiger charge is 2.28. The van der Waals surface area contributed by atoms with Gasteiger partial charge >= 0.3 is 0 Å². The lowest BCUT2D eigenvalue weighted by atomic mass is 9.85. The molecule has 12 aromatic heterocycles. The zero-order chi connectivity index (χ0) is 45.0. The minimum Gasteiger partial charge on any atom is -0.143 e. The van der Waals surface area contributed by atoms with Gasteiger partial charge in [-0.15, -0.1) is 136 Å². The molecule has 0 saturated carbocycles. The summed E-state index contributed by atoms with van der Waals surface area (Å²) in [6.45, 7) is 0. The minimum atomic E-state index is 1.20. The first-order valence-electron chi connectivity index (χ1n) is 21.4. The fourth-order valence-electron chi connectivity index (χ4n) is 8.44. The van der Waals surface area contributed by atoms with Crippen LogP contribution in [0.1, 0.15) is 22.3 Å². The van der Waals surface area contributed by atoms with E-state index >= 15 is 0 Å². The lowest BCUT2D eigenvalue weighted by molar-refractivity contribution is 1.65. The summed E-state index contributed by atoms with van der Waals surface area (Å²) in [4.78, 5) is 20.7. The van der Waals surface area contributed by atoms with Gasteiger partial charge in [-0.05, 0) is 150 Å². The van der Waals surface area contributed by atoms with Crippen LogP contribution in [-0.2, 0) is 0 Å². The Morgan fingerprint density at radius 3 is 0.721 bits per heavy atom. The van der Waals surface area contributed by atoms with Gasteiger partial charge in [-0.1, -0.05) is 60.7 Å². The summed E-state index contributed by atoms with van der Waals surface area (Å²) in [7, 11) is 0. The average molecular weight is 1090 g/mol. The maximum Gasteiger partial charge on any atom is 0.0528 e. The fraction of sp³-hybridized carbons (Fsp3) is 0. The fourth-order valence-corrected chi connectivity index (χ4v) is 19.9. The van der Waals surface area contributed by atoms with Crippen molar-refractivity contribution in [2.24, 2.45) is 0 Å². The predicted octanol–water partition coefficient (Wildman–Crippen LogP) is 22.4. The normalized spacial score (nSPS) is 16.1. The van der Waals surface area contributed by atoms with Crippen molar-refractivity contribution in [1.29, 1.82) is 0 Å². The largest absolute Gasteiger partial charge is 0.143 e. The van der Waals surface area contributed by atoms with E-state index in [9.17, 15) is 0 Å². The zero-order valence-corrected chi connectivity index (χ0v) is 45.2. The molecular weight excluding hydrogens is 1060 g/mol. The maximum atomic E-state index is 2.54. The molecule has 0 N–H and O–H groups in total. The van der Waals surface area contributed by atoms with Crippen LogP contribution in [0.25, 0.3) is 100 Å². The van der Waals surface area contributed by atoms with Gasteiger partial charge in [0, 0.05) is 80.8 Å². The number of rotatable bonds is 12. The Bertz CT molecular complexity index is 3480. The van der Waals surface area contributed by atoms with Crippen molar-refractivity contribution < 1.29 is 0 Å². The second-order valence-corrected chi connectivity index (χ2v) is 27.4. The molecule has 0 aliphatic heterocycles. The van der Waals surface area contributed by atoms with Crippen LogP contribution in [0.4, 0.5) is 0 Å². The Morgan fingerprint density at radius 2 is 0.471 bits per heavy atom. The predicted molar refractivity (Wildman–Crippen MR) is 316 cm³/mol. The van der Waals surface area contributed by atoms with Gasteiger partial charge in [-0.2, -0.15) is 0 Å². The van der Waals surface area contributed by atoms with Gasteiger partial charge in [0.1, 0.15) is 0 Å². The van der Waals surface area contributed by atoms with Crippen LogP contribution in [-0.4, -0.2) is 0 Å². The Hall–Kier alpha value is -4.64. The summed E-state index contributed by atoms with van der Waals surface area (Å²) in [5, 5.41) is 17.7. The third kappa shape index (κ3) is 8.28. The second-order valence-electron chi connectivity index (χ2n) is 15.6. The summed E-state index contributed by atoms with van der Waals surface area (Å²) in [5.41, 5.74) is 9.88. The van der Waals surface area contributed by atoms with E-state index in [0.717, 1.165) is 0 Å². The number of thiophene rings is 12. The Kier molecular flexibility index (Phi) is 12.1. The van der Waals surface area contributed by atoms with E-state index in [2.05, 4.69) is 189 Å². The summed E-state index contributed by atoms with van der Waals surface area (Å²) in [5.74, 6) is 0. The van der Waals surface area contributed by atoms with E-state index in [1.807, 2.05) is 136 Å². The second kappa shape index (κ2) is 18.9. The van der Waals surface area contributed by atoms with Crippen molar-refractivity contribution in [3.63, 3.8) is 0 Å². The van der Waals surface area contributed by atoms with Crippen molar-refractivity contribution in [3.8, 4) is 78.0 Å². The Labute approximate surface area is 442 Å². The Morgan fingerprint density at radius 1 is 0.235 bits per heavy atom. The van der Waals surface area contributed by atoms with Crippen molar-refractivity contribution in [2.75, 3.05) is 0 Å². The van der Waals surface area contributed by atoms with Crippen LogP contribution < -0.4 is 0 Å². The molecule has 1 aliphatic rings. The van der Waals surface area contributed by atoms with Crippen LogP contribution >= 0.6 is 136 Å². The smallest absolute Gasteiger partial charge is 0.0528 e. The highest BCUT2D eigenvalue weighted by Crippen LogP contribution is 2.55. The van der Waals surface area contributed by atoms with Crippen LogP contribution in [0.15, 0.2) is 189 Å². The molecule has 0 bridgehead atoms. The molecule has 0 atom stereocenters. The minimum absolute atomic E-state index is 1.20. The molecular formula is C56H32S12. The van der Waals surface area contributed by atoms with Crippen molar-refractivity contribution in [3.05, 3.63) is 211 Å². The molecule has 0 amide bonds. The average Bonchev–Trinajstić information content (AvgIpc) is 4.21. The van der Waals surface area contributed by atoms with E-state index in [0.29, 0.717) is 0 Å². The summed E-state index contributed by atoms with van der Waals surface area (Å²) >= 11 is 22.2. The summed E-state index contributed by atoms with van der Waals surface area (Å²) in [6.07, 6.45) is 9.92. The topological polar surface area (TPSA) is 0 Å². The van der Waals surface area contributed by atoms with Crippen LogP contribution in [0, 0.1) is 0 Å². The molecule has 12 heteroatoms. The molecule has 1 aliphatic carbocycles. The molecule has 0 aromatic carbocycles. The van der Waals surface area contributed by atoms with E-state index in [4.69, 9.17) is 0 Å². The van der Waals surface area contributed by atoms with E-state index in [-0.39, 0.29) is 0 Å². The molecule has 0 fully saturated rings. The monoisotopic (exact) mass is 1090 g/mol. The highest BCUT2D eigenvalue weighted by molar-refractivity contribution is 7.28. The lowest BCUT2D eigenvalue weighted by Crippen LogP contribution is -1.97. The van der Waals surface area contributed by atoms with Gasteiger partial charge in [0.05, 0.1) is 19.5 Å². The summed E-state index contributed by atoms with van der Waals surface area (Å²) in [6, 6.07) is 45.6. The SMILES string of the molecule is C1=C(c2cc(-c3cccs3)sc2-c2cccs2)\C=C(c2cc(-c3cccs3)sc2-c2cccs2)/C(c2cc(-c3cccs3)sc2-c2cccs2)=C\C(c2cc(-c3cccs3)sc2-c2cccs2)=C/1. The number of hydrogen-bond donors (Lipinski definition) is 0. The third-order valence-corrected chi connectivity index (χ3v) is 24.5.